The third-order valence-electron chi connectivity index (χ3n) is 5.77. The molecule has 21 heavy (non-hydrogen) atoms. The largest absolute Gasteiger partial charge is 0.481 e. The summed E-state index contributed by atoms with van der Waals surface area (Å²) in [6.07, 6.45) is 6.55. The van der Waals surface area contributed by atoms with E-state index >= 15 is 0 Å². The normalized spacial score (nSPS) is 41.1. The van der Waals surface area contributed by atoms with Crippen molar-refractivity contribution < 1.29 is 14.7 Å². The molecule has 0 aromatic carbocycles. The van der Waals surface area contributed by atoms with E-state index in [-0.39, 0.29) is 28.7 Å². The number of carboxylic acids is 1. The first-order valence-corrected chi connectivity index (χ1v) is 8.16. The van der Waals surface area contributed by atoms with Crippen molar-refractivity contribution in [3.63, 3.8) is 0 Å². The molecule has 4 bridgehead atoms. The van der Waals surface area contributed by atoms with E-state index in [4.69, 9.17) is 0 Å². The third kappa shape index (κ3) is 2.69. The van der Waals surface area contributed by atoms with Crippen molar-refractivity contribution in [2.24, 2.45) is 22.7 Å². The highest BCUT2D eigenvalue weighted by Gasteiger charge is 2.58. The van der Waals surface area contributed by atoms with Gasteiger partial charge >= 0.3 is 5.97 Å². The van der Waals surface area contributed by atoms with Gasteiger partial charge in [0, 0.05) is 11.0 Å². The maximum atomic E-state index is 12.4. The lowest BCUT2D eigenvalue weighted by Crippen LogP contribution is -2.64. The summed E-state index contributed by atoms with van der Waals surface area (Å²) in [7, 11) is 0. The van der Waals surface area contributed by atoms with Crippen LogP contribution in [0.5, 0.6) is 0 Å². The molecule has 4 heteroatoms. The van der Waals surface area contributed by atoms with Gasteiger partial charge in [0.1, 0.15) is 0 Å². The first-order valence-electron chi connectivity index (χ1n) is 8.16. The van der Waals surface area contributed by atoms with Crippen LogP contribution in [0, 0.1) is 22.7 Å². The molecule has 0 heterocycles. The third-order valence-corrected chi connectivity index (χ3v) is 5.77. The standard InChI is InChI=1S/C17H27NO3/c1-15(2,3)14(21)18-17-7-11-4-12(8-17)6-16(5-11,10-17)9-13(19)20/h11-12H,4-10H2,1-3H3,(H,18,21)(H,19,20). The predicted octanol–water partition coefficient (Wildman–Crippen LogP) is 2.96. The summed E-state index contributed by atoms with van der Waals surface area (Å²) in [5.41, 5.74) is -0.589. The molecule has 1 amide bonds. The second kappa shape index (κ2) is 4.47. The molecule has 2 unspecified atom stereocenters. The molecule has 0 aromatic rings. The minimum absolute atomic E-state index is 0.0684. The van der Waals surface area contributed by atoms with Crippen LogP contribution in [0.2, 0.25) is 0 Å². The summed E-state index contributed by atoms with van der Waals surface area (Å²) >= 11 is 0. The van der Waals surface area contributed by atoms with Crippen LogP contribution in [-0.2, 0) is 9.59 Å². The number of amides is 1. The Labute approximate surface area is 126 Å². The fourth-order valence-electron chi connectivity index (χ4n) is 5.55. The first kappa shape index (κ1) is 14.9. The van der Waals surface area contributed by atoms with Crippen LogP contribution in [0.4, 0.5) is 0 Å². The monoisotopic (exact) mass is 293 g/mol. The van der Waals surface area contributed by atoms with Gasteiger partial charge in [0.2, 0.25) is 5.91 Å². The minimum atomic E-state index is -0.686. The Morgan fingerprint density at radius 2 is 1.71 bits per heavy atom. The molecule has 0 spiro atoms. The first-order chi connectivity index (χ1) is 9.62. The second-order valence-corrected chi connectivity index (χ2v) is 9.02. The van der Waals surface area contributed by atoms with E-state index in [9.17, 15) is 14.7 Å². The molecule has 4 aliphatic carbocycles. The summed E-state index contributed by atoms with van der Waals surface area (Å²) in [4.78, 5) is 23.7. The molecule has 0 saturated heterocycles. The zero-order valence-corrected chi connectivity index (χ0v) is 13.4. The van der Waals surface area contributed by atoms with Gasteiger partial charge in [-0.25, -0.2) is 0 Å². The van der Waals surface area contributed by atoms with Gasteiger partial charge in [-0.2, -0.15) is 0 Å². The maximum Gasteiger partial charge on any atom is 0.303 e. The summed E-state index contributed by atoms with van der Waals surface area (Å²) < 4.78 is 0. The number of carbonyl (C=O) groups is 2. The lowest BCUT2D eigenvalue weighted by molar-refractivity contribution is -0.150. The van der Waals surface area contributed by atoms with Gasteiger partial charge in [-0.05, 0) is 55.8 Å². The molecule has 4 fully saturated rings. The van der Waals surface area contributed by atoms with E-state index in [2.05, 4.69) is 5.32 Å². The van der Waals surface area contributed by atoms with Crippen molar-refractivity contribution in [2.75, 3.05) is 0 Å². The van der Waals surface area contributed by atoms with Gasteiger partial charge in [0.25, 0.3) is 0 Å². The van der Waals surface area contributed by atoms with Crippen LogP contribution < -0.4 is 5.32 Å². The molecule has 2 N–H and O–H groups in total. The van der Waals surface area contributed by atoms with Crippen molar-refractivity contribution in [1.82, 2.24) is 5.32 Å². The van der Waals surface area contributed by atoms with Crippen LogP contribution in [0.15, 0.2) is 0 Å². The average Bonchev–Trinajstić information content (AvgIpc) is 2.22. The van der Waals surface area contributed by atoms with Crippen molar-refractivity contribution in [1.29, 1.82) is 0 Å². The number of hydrogen-bond acceptors (Lipinski definition) is 2. The zero-order valence-electron chi connectivity index (χ0n) is 13.4. The van der Waals surface area contributed by atoms with Crippen LogP contribution in [-0.4, -0.2) is 22.5 Å². The van der Waals surface area contributed by atoms with Crippen molar-refractivity contribution in [3.8, 4) is 0 Å². The van der Waals surface area contributed by atoms with Gasteiger partial charge in [-0.15, -0.1) is 0 Å². The molecule has 4 nitrogen and oxygen atoms in total. The number of carboxylic acid groups (broad SMARTS) is 1. The molecule has 2 atom stereocenters. The fourth-order valence-corrected chi connectivity index (χ4v) is 5.55. The molecular formula is C17H27NO3. The van der Waals surface area contributed by atoms with Crippen molar-refractivity contribution >= 4 is 11.9 Å². The van der Waals surface area contributed by atoms with E-state index in [1.807, 2.05) is 20.8 Å². The van der Waals surface area contributed by atoms with Crippen LogP contribution in [0.1, 0.15) is 65.7 Å². The van der Waals surface area contributed by atoms with Gasteiger partial charge in [-0.3, -0.25) is 9.59 Å². The summed E-state index contributed by atoms with van der Waals surface area (Å²) in [6.45, 7) is 5.82. The Kier molecular flexibility index (Phi) is 3.16. The molecule has 4 saturated carbocycles. The molecule has 0 aliphatic heterocycles. The number of rotatable bonds is 3. The Morgan fingerprint density at radius 3 is 2.19 bits per heavy atom. The highest BCUT2D eigenvalue weighted by molar-refractivity contribution is 5.82. The summed E-state index contributed by atoms with van der Waals surface area (Å²) in [6, 6.07) is 0. The van der Waals surface area contributed by atoms with Crippen LogP contribution >= 0.6 is 0 Å². The molecule has 118 valence electrons. The Morgan fingerprint density at radius 1 is 1.14 bits per heavy atom. The second-order valence-electron chi connectivity index (χ2n) is 9.02. The van der Waals surface area contributed by atoms with E-state index in [0.717, 1.165) is 32.1 Å². The lowest BCUT2D eigenvalue weighted by atomic mass is 9.46. The maximum absolute atomic E-state index is 12.4. The van der Waals surface area contributed by atoms with Gasteiger partial charge in [0.05, 0.1) is 6.42 Å². The Balaban J connectivity index is 1.83. The lowest BCUT2D eigenvalue weighted by Gasteiger charge is -2.62. The molecule has 0 aromatic heterocycles. The van der Waals surface area contributed by atoms with Gasteiger partial charge in [-0.1, -0.05) is 20.8 Å². The SMILES string of the molecule is CC(C)(C)C(=O)NC12CC3CC(CC(CC(=O)O)(C3)C1)C2. The molecular weight excluding hydrogens is 266 g/mol. The van der Waals surface area contributed by atoms with Crippen molar-refractivity contribution in [2.45, 2.75) is 71.3 Å². The van der Waals surface area contributed by atoms with Gasteiger partial charge in [0.15, 0.2) is 0 Å². The Bertz CT molecular complexity index is 463. The molecule has 0 radical (unpaired) electrons. The highest BCUT2D eigenvalue weighted by atomic mass is 16.4. The predicted molar refractivity (Wildman–Crippen MR) is 79.7 cm³/mol. The van der Waals surface area contributed by atoms with Crippen LogP contribution in [0.25, 0.3) is 0 Å². The number of aliphatic carboxylic acids is 1. The van der Waals surface area contributed by atoms with E-state index in [1.54, 1.807) is 0 Å². The van der Waals surface area contributed by atoms with Gasteiger partial charge < -0.3 is 10.4 Å². The Hall–Kier alpha value is -1.06. The number of hydrogen-bond donors (Lipinski definition) is 2. The molecule has 4 rings (SSSR count). The minimum Gasteiger partial charge on any atom is -0.481 e. The fraction of sp³-hybridized carbons (Fsp3) is 0.882. The van der Waals surface area contributed by atoms with Crippen molar-refractivity contribution in [3.05, 3.63) is 0 Å². The van der Waals surface area contributed by atoms with E-state index < -0.39 is 5.97 Å². The smallest absolute Gasteiger partial charge is 0.303 e. The summed E-state index contributed by atoms with van der Waals surface area (Å²) in [5.74, 6) is 0.626. The topological polar surface area (TPSA) is 66.4 Å². The quantitative estimate of drug-likeness (QED) is 0.840. The van der Waals surface area contributed by atoms with E-state index in [1.165, 1.54) is 6.42 Å². The molecule has 4 aliphatic rings. The average molecular weight is 293 g/mol. The number of carbonyl (C=O) groups excluding carboxylic acids is 1. The van der Waals surface area contributed by atoms with Crippen LogP contribution in [0.3, 0.4) is 0 Å². The number of nitrogens with one attached hydrogen (secondary N) is 1. The highest BCUT2D eigenvalue weighted by Crippen LogP contribution is 2.62. The summed E-state index contributed by atoms with van der Waals surface area (Å²) in [5, 5.41) is 12.6. The zero-order chi connectivity index (χ0) is 15.5. The van der Waals surface area contributed by atoms with E-state index in [0.29, 0.717) is 11.8 Å².